The van der Waals surface area contributed by atoms with Crippen molar-refractivity contribution >= 4 is 17.5 Å². The highest BCUT2D eigenvalue weighted by atomic mass is 35.5. The molecule has 1 atom stereocenters. The van der Waals surface area contributed by atoms with Crippen LogP contribution in [0.5, 0.6) is 0 Å². The van der Waals surface area contributed by atoms with Crippen molar-refractivity contribution in [3.63, 3.8) is 0 Å². The smallest absolute Gasteiger partial charge is 0.253 e. The van der Waals surface area contributed by atoms with Crippen molar-refractivity contribution in [2.24, 2.45) is 0 Å². The summed E-state index contributed by atoms with van der Waals surface area (Å²) in [5.41, 5.74) is 1.39. The van der Waals surface area contributed by atoms with E-state index < -0.39 is 0 Å². The van der Waals surface area contributed by atoms with Crippen LogP contribution in [0.4, 0.5) is 0 Å². The van der Waals surface area contributed by atoms with Gasteiger partial charge in [0.05, 0.1) is 10.6 Å². The predicted molar refractivity (Wildman–Crippen MR) is 69.4 cm³/mol. The molecule has 0 fully saturated rings. The summed E-state index contributed by atoms with van der Waals surface area (Å²) in [5.74, 6) is -0.163. The van der Waals surface area contributed by atoms with Crippen LogP contribution in [0.15, 0.2) is 18.2 Å². The topological polar surface area (TPSA) is 49.3 Å². The number of rotatable bonds is 5. The van der Waals surface area contributed by atoms with Gasteiger partial charge >= 0.3 is 0 Å². The molecule has 3 nitrogen and oxygen atoms in total. The van der Waals surface area contributed by atoms with E-state index in [4.69, 9.17) is 16.7 Å². The standard InChI is InChI=1S/C13H18ClNO2/c1-9-5-3-7-11(12(9)14)13(17)15-10(2)6-4-8-16/h3,5,7,10,16H,4,6,8H2,1-2H3,(H,15,17). The van der Waals surface area contributed by atoms with E-state index >= 15 is 0 Å². The van der Waals surface area contributed by atoms with Crippen LogP contribution < -0.4 is 5.32 Å². The van der Waals surface area contributed by atoms with Crippen LogP contribution in [0.2, 0.25) is 5.02 Å². The van der Waals surface area contributed by atoms with Crippen LogP contribution in [0.1, 0.15) is 35.7 Å². The van der Waals surface area contributed by atoms with Gasteiger partial charge in [-0.2, -0.15) is 0 Å². The fraction of sp³-hybridized carbons (Fsp3) is 0.462. The summed E-state index contributed by atoms with van der Waals surface area (Å²) in [5, 5.41) is 12.1. The van der Waals surface area contributed by atoms with Gasteiger partial charge in [-0.25, -0.2) is 0 Å². The number of aryl methyl sites for hydroxylation is 1. The van der Waals surface area contributed by atoms with Crippen LogP contribution >= 0.6 is 11.6 Å². The van der Waals surface area contributed by atoms with Gasteiger partial charge in [0.1, 0.15) is 0 Å². The molecule has 0 heterocycles. The second kappa shape index (κ2) is 6.62. The summed E-state index contributed by atoms with van der Waals surface area (Å²) in [4.78, 5) is 11.9. The first kappa shape index (κ1) is 14.0. The molecule has 2 N–H and O–H groups in total. The molecule has 1 aromatic rings. The molecular weight excluding hydrogens is 238 g/mol. The van der Waals surface area contributed by atoms with E-state index in [1.807, 2.05) is 26.0 Å². The lowest BCUT2D eigenvalue weighted by atomic mass is 10.1. The van der Waals surface area contributed by atoms with E-state index in [0.29, 0.717) is 17.0 Å². The largest absolute Gasteiger partial charge is 0.396 e. The number of carbonyl (C=O) groups is 1. The van der Waals surface area contributed by atoms with Crippen molar-refractivity contribution in [3.05, 3.63) is 34.3 Å². The van der Waals surface area contributed by atoms with E-state index in [0.717, 1.165) is 12.0 Å². The number of nitrogens with one attached hydrogen (secondary N) is 1. The van der Waals surface area contributed by atoms with E-state index in [2.05, 4.69) is 5.32 Å². The summed E-state index contributed by atoms with van der Waals surface area (Å²) < 4.78 is 0. The molecule has 1 rings (SSSR count). The first-order chi connectivity index (χ1) is 8.06. The van der Waals surface area contributed by atoms with Crippen molar-refractivity contribution in [3.8, 4) is 0 Å². The lowest BCUT2D eigenvalue weighted by Crippen LogP contribution is -2.32. The van der Waals surface area contributed by atoms with Crippen LogP contribution in [-0.2, 0) is 0 Å². The third-order valence-electron chi connectivity index (χ3n) is 2.61. The van der Waals surface area contributed by atoms with Crippen LogP contribution in [0.3, 0.4) is 0 Å². The molecule has 0 bridgehead atoms. The Morgan fingerprint density at radius 2 is 2.24 bits per heavy atom. The Hall–Kier alpha value is -1.06. The summed E-state index contributed by atoms with van der Waals surface area (Å²) in [7, 11) is 0. The van der Waals surface area contributed by atoms with Crippen LogP contribution in [-0.4, -0.2) is 23.7 Å². The van der Waals surface area contributed by atoms with Crippen LogP contribution in [0, 0.1) is 6.92 Å². The molecule has 0 aliphatic carbocycles. The number of amides is 1. The number of aliphatic hydroxyl groups is 1. The number of hydrogen-bond acceptors (Lipinski definition) is 2. The number of carbonyl (C=O) groups excluding carboxylic acids is 1. The van der Waals surface area contributed by atoms with Gasteiger partial charge in [-0.1, -0.05) is 23.7 Å². The zero-order chi connectivity index (χ0) is 12.8. The molecule has 94 valence electrons. The van der Waals surface area contributed by atoms with Gasteiger partial charge in [0, 0.05) is 12.6 Å². The highest BCUT2D eigenvalue weighted by molar-refractivity contribution is 6.34. The lowest BCUT2D eigenvalue weighted by Gasteiger charge is -2.14. The second-order valence-corrected chi connectivity index (χ2v) is 4.55. The first-order valence-electron chi connectivity index (χ1n) is 5.73. The SMILES string of the molecule is Cc1cccc(C(=O)NC(C)CCCO)c1Cl. The highest BCUT2D eigenvalue weighted by Crippen LogP contribution is 2.20. The third kappa shape index (κ3) is 4.02. The lowest BCUT2D eigenvalue weighted by molar-refractivity contribution is 0.0936. The Morgan fingerprint density at radius 1 is 1.53 bits per heavy atom. The van der Waals surface area contributed by atoms with E-state index in [9.17, 15) is 4.79 Å². The van der Waals surface area contributed by atoms with E-state index in [-0.39, 0.29) is 18.6 Å². The van der Waals surface area contributed by atoms with Crippen molar-refractivity contribution in [1.82, 2.24) is 5.32 Å². The number of benzene rings is 1. The maximum Gasteiger partial charge on any atom is 0.253 e. The van der Waals surface area contributed by atoms with Crippen molar-refractivity contribution in [1.29, 1.82) is 0 Å². The Kier molecular flexibility index (Phi) is 5.45. The Labute approximate surface area is 107 Å². The first-order valence-corrected chi connectivity index (χ1v) is 6.11. The predicted octanol–water partition coefficient (Wildman–Crippen LogP) is 2.54. The molecule has 0 aliphatic rings. The van der Waals surface area contributed by atoms with Crippen molar-refractivity contribution < 1.29 is 9.90 Å². The zero-order valence-corrected chi connectivity index (χ0v) is 10.9. The molecule has 4 heteroatoms. The summed E-state index contributed by atoms with van der Waals surface area (Å²) in [6.45, 7) is 3.93. The zero-order valence-electron chi connectivity index (χ0n) is 10.2. The van der Waals surface area contributed by atoms with Gasteiger partial charge < -0.3 is 10.4 Å². The average molecular weight is 256 g/mol. The molecule has 1 aromatic carbocycles. The van der Waals surface area contributed by atoms with Gasteiger partial charge in [0.2, 0.25) is 0 Å². The quantitative estimate of drug-likeness (QED) is 0.850. The minimum Gasteiger partial charge on any atom is -0.396 e. The van der Waals surface area contributed by atoms with Gasteiger partial charge in [-0.15, -0.1) is 0 Å². The molecule has 0 spiro atoms. The number of halogens is 1. The molecule has 0 saturated carbocycles. The maximum atomic E-state index is 11.9. The average Bonchev–Trinajstić information content (AvgIpc) is 2.29. The molecule has 0 aliphatic heterocycles. The van der Waals surface area contributed by atoms with E-state index in [1.165, 1.54) is 0 Å². The third-order valence-corrected chi connectivity index (χ3v) is 3.11. The monoisotopic (exact) mass is 255 g/mol. The van der Waals surface area contributed by atoms with E-state index in [1.54, 1.807) is 6.07 Å². The fourth-order valence-corrected chi connectivity index (χ4v) is 1.81. The van der Waals surface area contributed by atoms with Gasteiger partial charge in [0.25, 0.3) is 5.91 Å². The Bertz CT molecular complexity index is 393. The van der Waals surface area contributed by atoms with Crippen LogP contribution in [0.25, 0.3) is 0 Å². The maximum absolute atomic E-state index is 11.9. The molecule has 0 aromatic heterocycles. The normalized spacial score (nSPS) is 12.2. The Morgan fingerprint density at radius 3 is 2.88 bits per heavy atom. The van der Waals surface area contributed by atoms with Crippen molar-refractivity contribution in [2.45, 2.75) is 32.7 Å². The minimum atomic E-state index is -0.163. The van der Waals surface area contributed by atoms with Crippen molar-refractivity contribution in [2.75, 3.05) is 6.61 Å². The van der Waals surface area contributed by atoms with Gasteiger partial charge in [-0.3, -0.25) is 4.79 Å². The molecule has 1 unspecified atom stereocenters. The molecule has 0 saturated heterocycles. The van der Waals surface area contributed by atoms with Gasteiger partial charge in [-0.05, 0) is 38.3 Å². The molecular formula is C13H18ClNO2. The fourth-order valence-electron chi connectivity index (χ4n) is 1.59. The summed E-state index contributed by atoms with van der Waals surface area (Å²) in [6, 6.07) is 5.43. The molecule has 1 amide bonds. The number of aliphatic hydroxyl groups excluding tert-OH is 1. The number of hydrogen-bond donors (Lipinski definition) is 2. The molecule has 17 heavy (non-hydrogen) atoms. The summed E-state index contributed by atoms with van der Waals surface area (Å²) in [6.07, 6.45) is 1.44. The molecule has 0 radical (unpaired) electrons. The highest BCUT2D eigenvalue weighted by Gasteiger charge is 2.13. The Balaban J connectivity index is 2.67. The second-order valence-electron chi connectivity index (χ2n) is 4.18. The minimum absolute atomic E-state index is 0.0335. The summed E-state index contributed by atoms with van der Waals surface area (Å²) >= 11 is 6.08. The van der Waals surface area contributed by atoms with Gasteiger partial charge in [0.15, 0.2) is 0 Å².